The zero-order chi connectivity index (χ0) is 16.8. The van der Waals surface area contributed by atoms with Gasteiger partial charge in [-0.05, 0) is 36.8 Å². The number of benzene rings is 2. The molecule has 3 nitrogen and oxygen atoms in total. The minimum atomic E-state index is -3.01. The molecule has 2 aromatic rings. The van der Waals surface area contributed by atoms with Crippen molar-refractivity contribution in [1.29, 1.82) is 0 Å². The maximum Gasteiger partial charge on any atom is 0.387 e. The average Bonchev–Trinajstić information content (AvgIpc) is 2.52. The van der Waals surface area contributed by atoms with E-state index in [-0.39, 0.29) is 17.9 Å². The predicted octanol–water partition coefficient (Wildman–Crippen LogP) is 4.09. The zero-order valence-electron chi connectivity index (χ0n) is 12.5. The highest BCUT2D eigenvalue weighted by Crippen LogP contribution is 2.22. The van der Waals surface area contributed by atoms with Gasteiger partial charge in [-0.15, -0.1) is 0 Å². The topological polar surface area (TPSA) is 29.5 Å². The van der Waals surface area contributed by atoms with Crippen LogP contribution >= 0.6 is 0 Å². The van der Waals surface area contributed by atoms with Crippen LogP contribution in [0.15, 0.2) is 48.5 Å². The van der Waals surface area contributed by atoms with E-state index in [1.807, 2.05) is 0 Å². The van der Waals surface area contributed by atoms with Gasteiger partial charge < -0.3 is 9.64 Å². The number of halogens is 3. The van der Waals surface area contributed by atoms with Crippen LogP contribution in [0, 0.1) is 5.82 Å². The normalized spacial score (nSPS) is 10.7. The largest absolute Gasteiger partial charge is 0.434 e. The molecule has 0 spiro atoms. The highest BCUT2D eigenvalue weighted by Gasteiger charge is 2.20. The Kier molecular flexibility index (Phi) is 5.62. The smallest absolute Gasteiger partial charge is 0.387 e. The molecule has 0 atom stereocenters. The van der Waals surface area contributed by atoms with E-state index in [9.17, 15) is 18.0 Å². The van der Waals surface area contributed by atoms with Gasteiger partial charge in [0.2, 0.25) is 0 Å². The Labute approximate surface area is 132 Å². The van der Waals surface area contributed by atoms with Gasteiger partial charge in [-0.2, -0.15) is 8.78 Å². The molecule has 0 aliphatic heterocycles. The molecule has 0 unspecified atom stereocenters. The molecule has 0 aromatic heterocycles. The predicted molar refractivity (Wildman–Crippen MR) is 79.9 cm³/mol. The fraction of sp³-hybridized carbons (Fsp3) is 0.235. The average molecular weight is 323 g/mol. The Morgan fingerprint density at radius 3 is 2.57 bits per heavy atom. The molecule has 0 heterocycles. The summed E-state index contributed by atoms with van der Waals surface area (Å²) in [5, 5.41) is 0. The van der Waals surface area contributed by atoms with Crippen molar-refractivity contribution in [1.82, 2.24) is 4.90 Å². The van der Waals surface area contributed by atoms with Crippen LogP contribution in [-0.2, 0) is 6.54 Å². The lowest BCUT2D eigenvalue weighted by atomic mass is 10.1. The first-order chi connectivity index (χ1) is 11.0. The van der Waals surface area contributed by atoms with Crippen molar-refractivity contribution >= 4 is 5.91 Å². The van der Waals surface area contributed by atoms with Crippen LogP contribution in [0.25, 0.3) is 0 Å². The SMILES string of the molecule is CCN(Cc1cccc(F)c1)C(=O)c1ccccc1OC(F)F. The molecule has 2 rings (SSSR count). The summed E-state index contributed by atoms with van der Waals surface area (Å²) in [6.45, 7) is -0.732. The second-order valence-electron chi connectivity index (χ2n) is 4.82. The van der Waals surface area contributed by atoms with Crippen LogP contribution in [0.5, 0.6) is 5.75 Å². The standard InChI is InChI=1S/C17H16F3NO2/c1-2-21(11-12-6-5-7-13(18)10-12)16(22)14-8-3-4-9-15(14)23-17(19)20/h3-10,17H,2,11H2,1H3. The van der Waals surface area contributed by atoms with E-state index in [0.717, 1.165) is 0 Å². The van der Waals surface area contributed by atoms with Gasteiger partial charge >= 0.3 is 6.61 Å². The van der Waals surface area contributed by atoms with Crippen molar-refractivity contribution < 1.29 is 22.7 Å². The van der Waals surface area contributed by atoms with Gasteiger partial charge in [0.05, 0.1) is 5.56 Å². The first-order valence-corrected chi connectivity index (χ1v) is 7.08. The lowest BCUT2D eigenvalue weighted by Gasteiger charge is -2.22. The molecule has 0 radical (unpaired) electrons. The Balaban J connectivity index is 2.23. The van der Waals surface area contributed by atoms with Gasteiger partial charge in [0.1, 0.15) is 11.6 Å². The van der Waals surface area contributed by atoms with Crippen molar-refractivity contribution in [2.75, 3.05) is 6.54 Å². The second kappa shape index (κ2) is 7.67. The fourth-order valence-electron chi connectivity index (χ4n) is 2.20. The third-order valence-electron chi connectivity index (χ3n) is 3.26. The van der Waals surface area contributed by atoms with E-state index in [2.05, 4.69) is 4.74 Å². The van der Waals surface area contributed by atoms with Crippen LogP contribution in [0.2, 0.25) is 0 Å². The van der Waals surface area contributed by atoms with Crippen molar-refractivity contribution in [3.8, 4) is 5.75 Å². The number of ether oxygens (including phenoxy) is 1. The van der Waals surface area contributed by atoms with Gasteiger partial charge in [0.25, 0.3) is 5.91 Å². The second-order valence-corrected chi connectivity index (χ2v) is 4.82. The highest BCUT2D eigenvalue weighted by atomic mass is 19.3. The van der Waals surface area contributed by atoms with Crippen molar-refractivity contribution in [3.63, 3.8) is 0 Å². The fourth-order valence-corrected chi connectivity index (χ4v) is 2.20. The van der Waals surface area contributed by atoms with E-state index >= 15 is 0 Å². The summed E-state index contributed by atoms with van der Waals surface area (Å²) in [5.41, 5.74) is 0.665. The van der Waals surface area contributed by atoms with Gasteiger partial charge in [-0.25, -0.2) is 4.39 Å². The summed E-state index contributed by atoms with van der Waals surface area (Å²) < 4.78 is 42.5. The van der Waals surface area contributed by atoms with Crippen LogP contribution in [-0.4, -0.2) is 24.0 Å². The van der Waals surface area contributed by atoms with Crippen molar-refractivity contribution in [3.05, 3.63) is 65.5 Å². The number of carbonyl (C=O) groups is 1. The summed E-state index contributed by atoms with van der Waals surface area (Å²) in [4.78, 5) is 14.0. The molecule has 0 N–H and O–H groups in total. The number of rotatable bonds is 6. The molecule has 1 amide bonds. The summed E-state index contributed by atoms with van der Waals surface area (Å²) in [6, 6.07) is 11.7. The zero-order valence-corrected chi connectivity index (χ0v) is 12.5. The third kappa shape index (κ3) is 4.48. The Morgan fingerprint density at radius 1 is 1.17 bits per heavy atom. The molecule has 23 heavy (non-hydrogen) atoms. The number of carbonyl (C=O) groups excluding carboxylic acids is 1. The lowest BCUT2D eigenvalue weighted by Crippen LogP contribution is -2.30. The number of nitrogens with zero attached hydrogens (tertiary/aromatic N) is 1. The quantitative estimate of drug-likeness (QED) is 0.801. The van der Waals surface area contributed by atoms with Gasteiger partial charge in [-0.3, -0.25) is 4.79 Å². The van der Waals surface area contributed by atoms with Crippen molar-refractivity contribution in [2.45, 2.75) is 20.1 Å². The van der Waals surface area contributed by atoms with Crippen molar-refractivity contribution in [2.24, 2.45) is 0 Å². The number of hydrogen-bond donors (Lipinski definition) is 0. The van der Waals surface area contributed by atoms with Crippen LogP contribution < -0.4 is 4.74 Å². The van der Waals surface area contributed by atoms with Gasteiger partial charge in [0, 0.05) is 13.1 Å². The minimum Gasteiger partial charge on any atom is -0.434 e. The summed E-state index contributed by atoms with van der Waals surface area (Å²) in [5.74, 6) is -1.02. The molecule has 0 saturated heterocycles. The summed E-state index contributed by atoms with van der Waals surface area (Å²) >= 11 is 0. The molecule has 0 aliphatic carbocycles. The molecular weight excluding hydrogens is 307 g/mol. The maximum atomic E-state index is 13.2. The van der Waals surface area contributed by atoms with E-state index < -0.39 is 18.3 Å². The third-order valence-corrected chi connectivity index (χ3v) is 3.26. The van der Waals surface area contributed by atoms with E-state index in [1.165, 1.54) is 35.2 Å². The number of amides is 1. The Morgan fingerprint density at radius 2 is 1.91 bits per heavy atom. The molecule has 0 aliphatic rings. The number of para-hydroxylation sites is 1. The van der Waals surface area contributed by atoms with E-state index in [4.69, 9.17) is 0 Å². The summed E-state index contributed by atoms with van der Waals surface area (Å²) in [7, 11) is 0. The molecular formula is C17H16F3NO2. The maximum absolute atomic E-state index is 13.2. The first-order valence-electron chi connectivity index (χ1n) is 7.08. The number of hydrogen-bond acceptors (Lipinski definition) is 2. The van der Waals surface area contributed by atoms with E-state index in [1.54, 1.807) is 25.1 Å². The first kappa shape index (κ1) is 16.9. The molecule has 6 heteroatoms. The van der Waals surface area contributed by atoms with Gasteiger partial charge in [0.15, 0.2) is 0 Å². The summed E-state index contributed by atoms with van der Waals surface area (Å²) in [6.07, 6.45) is 0. The van der Waals surface area contributed by atoms with Crippen LogP contribution in [0.3, 0.4) is 0 Å². The molecule has 0 fully saturated rings. The monoisotopic (exact) mass is 323 g/mol. The molecule has 0 saturated carbocycles. The van der Waals surface area contributed by atoms with E-state index in [0.29, 0.717) is 12.1 Å². The lowest BCUT2D eigenvalue weighted by molar-refractivity contribution is -0.0502. The Hall–Kier alpha value is -2.50. The molecule has 0 bridgehead atoms. The van der Waals surface area contributed by atoms with Crippen LogP contribution in [0.1, 0.15) is 22.8 Å². The minimum absolute atomic E-state index is 0.0473. The molecule has 2 aromatic carbocycles. The number of alkyl halides is 2. The molecule has 122 valence electrons. The Bertz CT molecular complexity index is 676. The van der Waals surface area contributed by atoms with Gasteiger partial charge in [-0.1, -0.05) is 24.3 Å². The van der Waals surface area contributed by atoms with Crippen LogP contribution in [0.4, 0.5) is 13.2 Å². The highest BCUT2D eigenvalue weighted by molar-refractivity contribution is 5.96.